The van der Waals surface area contributed by atoms with Crippen LogP contribution in [0.2, 0.25) is 0 Å². The Morgan fingerprint density at radius 3 is 2.67 bits per heavy atom. The van der Waals surface area contributed by atoms with E-state index in [1.165, 1.54) is 0 Å². The van der Waals surface area contributed by atoms with Crippen LogP contribution in [0.3, 0.4) is 0 Å². The van der Waals surface area contributed by atoms with Crippen molar-refractivity contribution in [2.45, 2.75) is 12.8 Å². The lowest BCUT2D eigenvalue weighted by Gasteiger charge is -2.32. The minimum Gasteiger partial charge on any atom is -0.324 e. The van der Waals surface area contributed by atoms with Gasteiger partial charge >= 0.3 is 6.03 Å². The predicted octanol–water partition coefficient (Wildman–Crippen LogP) is 2.30. The zero-order valence-electron chi connectivity index (χ0n) is 13.6. The Morgan fingerprint density at radius 2 is 1.96 bits per heavy atom. The lowest BCUT2D eigenvalue weighted by atomic mass is 9.97. The van der Waals surface area contributed by atoms with Gasteiger partial charge in [-0.05, 0) is 25.0 Å². The SMILES string of the molecule is Cn1cc(NC(=O)[C@H]2CCCN(C(=O)Nc3ccccc3)C2)cn1. The van der Waals surface area contributed by atoms with Crippen molar-refractivity contribution in [3.63, 3.8) is 0 Å². The molecule has 2 aromatic rings. The number of rotatable bonds is 3. The van der Waals surface area contributed by atoms with Crippen molar-refractivity contribution in [2.75, 3.05) is 23.7 Å². The lowest BCUT2D eigenvalue weighted by Crippen LogP contribution is -2.45. The summed E-state index contributed by atoms with van der Waals surface area (Å²) in [6, 6.07) is 9.16. The van der Waals surface area contributed by atoms with E-state index >= 15 is 0 Å². The van der Waals surface area contributed by atoms with E-state index in [4.69, 9.17) is 0 Å². The van der Waals surface area contributed by atoms with Gasteiger partial charge < -0.3 is 15.5 Å². The topological polar surface area (TPSA) is 79.3 Å². The molecule has 24 heavy (non-hydrogen) atoms. The van der Waals surface area contributed by atoms with Gasteiger partial charge in [-0.15, -0.1) is 0 Å². The number of carbonyl (C=O) groups is 2. The fourth-order valence-corrected chi connectivity index (χ4v) is 2.83. The monoisotopic (exact) mass is 327 g/mol. The van der Waals surface area contributed by atoms with Crippen LogP contribution >= 0.6 is 0 Å². The van der Waals surface area contributed by atoms with Crippen LogP contribution in [0.4, 0.5) is 16.2 Å². The quantitative estimate of drug-likeness (QED) is 0.908. The van der Waals surface area contributed by atoms with E-state index in [0.29, 0.717) is 18.8 Å². The second-order valence-corrected chi connectivity index (χ2v) is 5.97. The predicted molar refractivity (Wildman–Crippen MR) is 91.6 cm³/mol. The fraction of sp³-hybridized carbons (Fsp3) is 0.353. The number of amides is 3. The molecule has 1 fully saturated rings. The van der Waals surface area contributed by atoms with E-state index in [1.54, 1.807) is 29.0 Å². The summed E-state index contributed by atoms with van der Waals surface area (Å²) in [4.78, 5) is 26.5. The van der Waals surface area contributed by atoms with Gasteiger partial charge in [0.1, 0.15) is 0 Å². The molecular weight excluding hydrogens is 306 g/mol. The number of anilines is 2. The summed E-state index contributed by atoms with van der Waals surface area (Å²) in [5, 5.41) is 9.76. The van der Waals surface area contributed by atoms with Crippen LogP contribution in [0.5, 0.6) is 0 Å². The molecule has 1 atom stereocenters. The van der Waals surface area contributed by atoms with Crippen molar-refractivity contribution in [3.8, 4) is 0 Å². The molecule has 0 unspecified atom stereocenters. The van der Waals surface area contributed by atoms with Crippen LogP contribution in [-0.4, -0.2) is 39.7 Å². The highest BCUT2D eigenvalue weighted by Crippen LogP contribution is 2.19. The van der Waals surface area contributed by atoms with Crippen LogP contribution in [0.1, 0.15) is 12.8 Å². The highest BCUT2D eigenvalue weighted by Gasteiger charge is 2.28. The molecule has 1 aromatic heterocycles. The maximum Gasteiger partial charge on any atom is 0.321 e. The van der Waals surface area contributed by atoms with Gasteiger partial charge in [0.15, 0.2) is 0 Å². The van der Waals surface area contributed by atoms with Crippen molar-refractivity contribution in [1.29, 1.82) is 0 Å². The highest BCUT2D eigenvalue weighted by molar-refractivity contribution is 5.94. The van der Waals surface area contributed by atoms with Gasteiger partial charge in [-0.2, -0.15) is 5.10 Å². The van der Waals surface area contributed by atoms with Crippen LogP contribution in [0.15, 0.2) is 42.7 Å². The first-order valence-corrected chi connectivity index (χ1v) is 8.02. The van der Waals surface area contributed by atoms with E-state index in [0.717, 1.165) is 18.5 Å². The van der Waals surface area contributed by atoms with E-state index in [9.17, 15) is 9.59 Å². The number of aromatic nitrogens is 2. The van der Waals surface area contributed by atoms with Gasteiger partial charge in [-0.25, -0.2) is 4.79 Å². The Bertz CT molecular complexity index is 713. The summed E-state index contributed by atoms with van der Waals surface area (Å²) < 4.78 is 1.64. The standard InChI is InChI=1S/C17H21N5O2/c1-21-12-15(10-18-21)19-16(23)13-6-5-9-22(11-13)17(24)20-14-7-3-2-4-8-14/h2-4,7-8,10,12-13H,5-6,9,11H2,1H3,(H,19,23)(H,20,24)/t13-/m0/s1. The molecule has 1 aromatic carbocycles. The normalized spacial score (nSPS) is 17.4. The molecule has 1 aliphatic rings. The molecule has 0 radical (unpaired) electrons. The first-order chi connectivity index (χ1) is 11.6. The summed E-state index contributed by atoms with van der Waals surface area (Å²) in [6.45, 7) is 1.08. The lowest BCUT2D eigenvalue weighted by molar-refractivity contribution is -0.121. The first kappa shape index (κ1) is 16.0. The average Bonchev–Trinajstić information content (AvgIpc) is 3.00. The molecule has 1 aliphatic heterocycles. The van der Waals surface area contributed by atoms with Crippen LogP contribution < -0.4 is 10.6 Å². The number of hydrogen-bond donors (Lipinski definition) is 2. The second-order valence-electron chi connectivity index (χ2n) is 5.97. The molecule has 126 valence electrons. The summed E-state index contributed by atoms with van der Waals surface area (Å²) >= 11 is 0. The molecule has 1 saturated heterocycles. The number of benzene rings is 1. The second kappa shape index (κ2) is 7.16. The summed E-state index contributed by atoms with van der Waals surface area (Å²) in [6.07, 6.45) is 4.95. The number of nitrogens with one attached hydrogen (secondary N) is 2. The summed E-state index contributed by atoms with van der Waals surface area (Å²) in [7, 11) is 1.80. The van der Waals surface area contributed by atoms with Crippen molar-refractivity contribution in [3.05, 3.63) is 42.7 Å². The average molecular weight is 327 g/mol. The van der Waals surface area contributed by atoms with Crippen LogP contribution in [-0.2, 0) is 11.8 Å². The molecule has 3 amide bonds. The van der Waals surface area contributed by atoms with E-state index < -0.39 is 0 Å². The molecule has 2 N–H and O–H groups in total. The van der Waals surface area contributed by atoms with Gasteiger partial charge in [0.2, 0.25) is 5.91 Å². The molecule has 7 nitrogen and oxygen atoms in total. The Hall–Kier alpha value is -2.83. The highest BCUT2D eigenvalue weighted by atomic mass is 16.2. The van der Waals surface area contributed by atoms with Gasteiger partial charge in [-0.3, -0.25) is 9.48 Å². The first-order valence-electron chi connectivity index (χ1n) is 8.02. The third-order valence-electron chi connectivity index (χ3n) is 4.08. The molecule has 2 heterocycles. The van der Waals surface area contributed by atoms with E-state index in [2.05, 4.69) is 15.7 Å². The smallest absolute Gasteiger partial charge is 0.321 e. The number of piperidine rings is 1. The minimum atomic E-state index is -0.208. The Morgan fingerprint density at radius 1 is 1.17 bits per heavy atom. The number of hydrogen-bond acceptors (Lipinski definition) is 3. The van der Waals surface area contributed by atoms with E-state index in [-0.39, 0.29) is 17.9 Å². The van der Waals surface area contributed by atoms with Crippen molar-refractivity contribution in [2.24, 2.45) is 13.0 Å². The molecule has 7 heteroatoms. The number of urea groups is 1. The molecule has 3 rings (SSSR count). The van der Waals surface area contributed by atoms with Gasteiger partial charge in [0.25, 0.3) is 0 Å². The van der Waals surface area contributed by atoms with Crippen molar-refractivity contribution < 1.29 is 9.59 Å². The molecular formula is C17H21N5O2. The maximum atomic E-state index is 12.4. The number of para-hydroxylation sites is 1. The Balaban J connectivity index is 1.57. The minimum absolute atomic E-state index is 0.0692. The zero-order chi connectivity index (χ0) is 16.9. The van der Waals surface area contributed by atoms with Crippen molar-refractivity contribution in [1.82, 2.24) is 14.7 Å². The Labute approximate surface area is 140 Å². The van der Waals surface area contributed by atoms with E-state index in [1.807, 2.05) is 30.3 Å². The molecule has 0 spiro atoms. The Kier molecular flexibility index (Phi) is 4.79. The number of carbonyl (C=O) groups excluding carboxylic acids is 2. The van der Waals surface area contributed by atoms with Crippen molar-refractivity contribution >= 4 is 23.3 Å². The van der Waals surface area contributed by atoms with Crippen LogP contribution in [0, 0.1) is 5.92 Å². The van der Waals surface area contributed by atoms with Gasteiger partial charge in [-0.1, -0.05) is 18.2 Å². The molecule has 0 bridgehead atoms. The van der Waals surface area contributed by atoms with Crippen LogP contribution in [0.25, 0.3) is 0 Å². The fourth-order valence-electron chi connectivity index (χ4n) is 2.83. The molecule has 0 saturated carbocycles. The largest absolute Gasteiger partial charge is 0.324 e. The van der Waals surface area contributed by atoms with Gasteiger partial charge in [0.05, 0.1) is 17.8 Å². The number of aryl methyl sites for hydroxylation is 1. The summed E-state index contributed by atoms with van der Waals surface area (Å²) in [5.74, 6) is -0.277. The third-order valence-corrected chi connectivity index (χ3v) is 4.08. The zero-order valence-corrected chi connectivity index (χ0v) is 13.6. The number of nitrogens with zero attached hydrogens (tertiary/aromatic N) is 3. The van der Waals surface area contributed by atoms with Gasteiger partial charge in [0, 0.05) is 32.0 Å². The maximum absolute atomic E-state index is 12.4. The summed E-state index contributed by atoms with van der Waals surface area (Å²) in [5.41, 5.74) is 1.43. The third kappa shape index (κ3) is 3.92. The molecule has 0 aliphatic carbocycles. The number of likely N-dealkylation sites (tertiary alicyclic amines) is 1.